The van der Waals surface area contributed by atoms with Gasteiger partial charge in [0.1, 0.15) is 0 Å². The number of allylic oxidation sites excluding steroid dienone is 1. The molecular formula is C26H26Cl2NSiZr. The van der Waals surface area contributed by atoms with E-state index in [1.165, 1.54) is 39.0 Å². The van der Waals surface area contributed by atoms with Crippen molar-refractivity contribution < 1.29 is 51.0 Å². The van der Waals surface area contributed by atoms with Gasteiger partial charge in [-0.25, -0.2) is 0 Å². The molecule has 0 atom stereocenters. The second-order valence-electron chi connectivity index (χ2n) is 7.62. The minimum atomic E-state index is -0.461. The van der Waals surface area contributed by atoms with Crippen LogP contribution in [0.5, 0.6) is 0 Å². The summed E-state index contributed by atoms with van der Waals surface area (Å²) in [7, 11) is -0.461. The van der Waals surface area contributed by atoms with Crippen LogP contribution in [0.2, 0.25) is 13.1 Å². The second kappa shape index (κ2) is 12.0. The predicted molar refractivity (Wildman–Crippen MR) is 125 cm³/mol. The molecule has 0 saturated carbocycles. The fraction of sp³-hybridized carbons (Fsp3) is 0.154. The number of fused-ring (bicyclic) bond motifs is 2. The molecule has 1 aliphatic rings. The van der Waals surface area contributed by atoms with Gasteiger partial charge in [-0.15, -0.1) is 29.7 Å². The number of para-hydroxylation sites is 1. The van der Waals surface area contributed by atoms with Gasteiger partial charge in [0.25, 0.3) is 0 Å². The van der Waals surface area contributed by atoms with Crippen LogP contribution in [-0.2, 0) is 26.2 Å². The monoisotopic (exact) mass is 540 g/mol. The van der Waals surface area contributed by atoms with Gasteiger partial charge in [0.2, 0.25) is 0 Å². The minimum absolute atomic E-state index is 0. The van der Waals surface area contributed by atoms with E-state index in [2.05, 4.69) is 116 Å². The second-order valence-corrected chi connectivity index (χ2v) is 10.1. The molecule has 31 heavy (non-hydrogen) atoms. The molecule has 0 fully saturated rings. The predicted octanol–water partition coefficient (Wildman–Crippen LogP) is 0.623. The number of aryl methyl sites for hydroxylation is 1. The third-order valence-corrected chi connectivity index (χ3v) is 6.91. The van der Waals surface area contributed by atoms with Gasteiger partial charge < -0.3 is 29.4 Å². The number of benzene rings is 2. The normalized spacial score (nSPS) is 11.2. The Labute approximate surface area is 218 Å². The quantitative estimate of drug-likeness (QED) is 0.246. The van der Waals surface area contributed by atoms with Gasteiger partial charge in [-0.1, -0.05) is 37.4 Å². The molecular weight excluding hydrogens is 517 g/mol. The molecule has 3 aromatic carbocycles. The molecule has 0 N–H and O–H groups in total. The van der Waals surface area contributed by atoms with Crippen molar-refractivity contribution in [2.45, 2.75) is 26.9 Å². The summed E-state index contributed by atoms with van der Waals surface area (Å²) in [5.74, 6) is 0. The Kier molecular flexibility index (Phi) is 10.7. The zero-order chi connectivity index (χ0) is 19.7. The Hall–Kier alpha value is -1.38. The molecule has 1 aromatic heterocycles. The van der Waals surface area contributed by atoms with Crippen molar-refractivity contribution in [3.63, 3.8) is 0 Å². The minimum Gasteiger partial charge on any atom is -1.00 e. The van der Waals surface area contributed by atoms with Crippen molar-refractivity contribution in [3.05, 3.63) is 101 Å². The maximum atomic E-state index is 2.41. The first-order valence-corrected chi connectivity index (χ1v) is 12.3. The summed E-state index contributed by atoms with van der Waals surface area (Å²) in [4.78, 5) is 0. The van der Waals surface area contributed by atoms with E-state index >= 15 is 0 Å². The molecule has 1 heterocycles. The molecule has 0 unspecified atom stereocenters. The summed E-state index contributed by atoms with van der Waals surface area (Å²) in [5.41, 5.74) is 6.86. The van der Waals surface area contributed by atoms with Crippen molar-refractivity contribution in [2.24, 2.45) is 0 Å². The largest absolute Gasteiger partial charge is 3.00 e. The summed E-state index contributed by atoms with van der Waals surface area (Å²) in [6.07, 6.45) is 2.34. The number of rotatable bonds is 1. The Balaban J connectivity index is 0.000000342. The molecule has 0 bridgehead atoms. The first-order valence-electron chi connectivity index (χ1n) is 9.81. The zero-order valence-electron chi connectivity index (χ0n) is 18.3. The van der Waals surface area contributed by atoms with Gasteiger partial charge >= 0.3 is 26.2 Å². The Morgan fingerprint density at radius 3 is 2.13 bits per heavy atom. The van der Waals surface area contributed by atoms with Gasteiger partial charge in [0, 0.05) is 25.4 Å². The van der Waals surface area contributed by atoms with Gasteiger partial charge in [-0.2, -0.15) is 17.5 Å². The number of hydrogen-bond donors (Lipinski definition) is 0. The van der Waals surface area contributed by atoms with Crippen LogP contribution in [0.1, 0.15) is 23.9 Å². The maximum Gasteiger partial charge on any atom is 3.00 e. The zero-order valence-corrected chi connectivity index (χ0v) is 23.3. The van der Waals surface area contributed by atoms with Crippen molar-refractivity contribution in [2.75, 3.05) is 0 Å². The van der Waals surface area contributed by atoms with Gasteiger partial charge in [-0.3, -0.25) is 0 Å². The van der Waals surface area contributed by atoms with Crippen LogP contribution < -0.4 is 24.8 Å². The Morgan fingerprint density at radius 1 is 0.839 bits per heavy atom. The Morgan fingerprint density at radius 2 is 1.48 bits per heavy atom. The van der Waals surface area contributed by atoms with E-state index in [0.29, 0.717) is 0 Å². The molecule has 1 aliphatic carbocycles. The summed E-state index contributed by atoms with van der Waals surface area (Å²) in [6, 6.07) is 27.7. The van der Waals surface area contributed by atoms with Crippen molar-refractivity contribution in [1.82, 2.24) is 4.57 Å². The van der Waals surface area contributed by atoms with Gasteiger partial charge in [-0.05, 0) is 48.9 Å². The topological polar surface area (TPSA) is 4.93 Å². The van der Waals surface area contributed by atoms with E-state index in [-0.39, 0.29) is 51.0 Å². The molecule has 5 rings (SSSR count). The summed E-state index contributed by atoms with van der Waals surface area (Å²) in [5, 5.41) is 4.24. The smallest absolute Gasteiger partial charge is 1.00 e. The third kappa shape index (κ3) is 5.71. The average molecular weight is 543 g/mol. The number of nitrogens with zero attached hydrogens (tertiary/aromatic N) is 1. The molecule has 0 amide bonds. The van der Waals surface area contributed by atoms with Crippen LogP contribution in [0.25, 0.3) is 22.5 Å². The van der Waals surface area contributed by atoms with Crippen LogP contribution >= 0.6 is 0 Å². The fourth-order valence-electron chi connectivity index (χ4n) is 4.13. The summed E-state index contributed by atoms with van der Waals surface area (Å²) in [6.45, 7) is 9.20. The van der Waals surface area contributed by atoms with Crippen LogP contribution in [0, 0.1) is 6.92 Å². The molecule has 1 radical (unpaired) electrons. The van der Waals surface area contributed by atoms with Crippen molar-refractivity contribution in [3.8, 4) is 5.69 Å². The van der Waals surface area contributed by atoms with Crippen LogP contribution in [-0.4, -0.2) is 18.1 Å². The van der Waals surface area contributed by atoms with Crippen LogP contribution in [0.4, 0.5) is 0 Å². The van der Waals surface area contributed by atoms with E-state index in [0.717, 1.165) is 0 Å². The molecule has 0 aliphatic heterocycles. The van der Waals surface area contributed by atoms with Crippen molar-refractivity contribution >= 4 is 30.4 Å². The molecule has 5 heteroatoms. The van der Waals surface area contributed by atoms with E-state index in [4.69, 9.17) is 0 Å². The maximum absolute atomic E-state index is 2.41. The van der Waals surface area contributed by atoms with Crippen LogP contribution in [0.15, 0.2) is 84.4 Å². The van der Waals surface area contributed by atoms with E-state index in [1.807, 2.05) is 0 Å². The molecule has 1 nitrogen and oxygen atoms in total. The SMILES string of the molecule is CC1=Cc2cc(C)n(-c3ccccc3)c2C1=[Si](C)C.[Cl-].[Cl-].[Zr+3].c1ccc2[cH-]ccc2c1. The van der Waals surface area contributed by atoms with Crippen LogP contribution in [0.3, 0.4) is 0 Å². The summed E-state index contributed by atoms with van der Waals surface area (Å²) < 4.78 is 2.41. The van der Waals surface area contributed by atoms with E-state index in [1.54, 1.807) is 5.17 Å². The molecule has 0 spiro atoms. The van der Waals surface area contributed by atoms with Gasteiger partial charge in [0.15, 0.2) is 0 Å². The fourth-order valence-corrected chi connectivity index (χ4v) is 5.72. The summed E-state index contributed by atoms with van der Waals surface area (Å²) >= 11 is 0. The average Bonchev–Trinajstić information content (AvgIpc) is 3.35. The third-order valence-electron chi connectivity index (χ3n) is 5.28. The van der Waals surface area contributed by atoms with Gasteiger partial charge in [0.05, 0.1) is 5.69 Å². The first-order chi connectivity index (χ1) is 13.6. The first kappa shape index (κ1) is 27.7. The molecule has 0 saturated heterocycles. The van der Waals surface area contributed by atoms with E-state index < -0.39 is 8.41 Å². The number of halogens is 2. The van der Waals surface area contributed by atoms with E-state index in [9.17, 15) is 0 Å². The number of aromatic nitrogens is 1. The molecule has 4 aromatic rings. The standard InChI is InChI=1S/C17H19NSi.C9H7.2ClH.Zr/c1-12-10-14-11-13(2)18(15-8-6-5-7-9-15)16(14)17(12)19(3)4;1-2-5-9-7-3-6-8(9)4-1;;;/h5-11H,1-4H3;1-7H;2*1H;/q;-1;;;+3/p-2. The number of hydrogen-bond acceptors (Lipinski definition) is 0. The van der Waals surface area contributed by atoms with Crippen molar-refractivity contribution in [1.29, 1.82) is 0 Å². The Bertz CT molecular complexity index is 1170. The molecule has 157 valence electrons.